The molecule has 0 unspecified atom stereocenters. The fourth-order valence-electron chi connectivity index (χ4n) is 1.63. The van der Waals surface area contributed by atoms with Crippen LogP contribution in [0.15, 0.2) is 24.3 Å². The minimum absolute atomic E-state index is 0.0874. The summed E-state index contributed by atoms with van der Waals surface area (Å²) in [5.41, 5.74) is 0.812. The van der Waals surface area contributed by atoms with Crippen LogP contribution >= 0.6 is 12.6 Å². The number of halogens is 3. The monoisotopic (exact) mass is 245 g/mol. The zero-order chi connectivity index (χ0) is 12.2. The van der Waals surface area contributed by atoms with Gasteiger partial charge in [0.15, 0.2) is 0 Å². The molecule has 1 nitrogen and oxygen atoms in total. The van der Waals surface area contributed by atoms with Crippen LogP contribution in [-0.4, -0.2) is 5.92 Å². The number of hydrogen-bond donors (Lipinski definition) is 1. The minimum Gasteiger partial charge on any atom is -0.207 e. The molecule has 1 saturated carbocycles. The van der Waals surface area contributed by atoms with Crippen molar-refractivity contribution >= 4 is 12.6 Å². The molecular formula is C11H10F3NS. The molecule has 0 heterocycles. The maximum Gasteiger partial charge on any atom is 0.249 e. The van der Waals surface area contributed by atoms with Crippen molar-refractivity contribution in [3.8, 4) is 5.40 Å². The number of benzene rings is 1. The molecule has 1 aliphatic rings. The molecule has 0 saturated heterocycles. The normalized spacial score (nSPS) is 17.7. The number of thiol groups is 1. The number of alkyl halides is 2. The van der Waals surface area contributed by atoms with E-state index in [1.54, 1.807) is 12.1 Å². The van der Waals surface area contributed by atoms with Gasteiger partial charge in [-0.3, -0.25) is 0 Å². The molecule has 1 aromatic rings. The van der Waals surface area contributed by atoms with Gasteiger partial charge in [0, 0.05) is 12.8 Å². The molecule has 2 rings (SSSR count). The van der Waals surface area contributed by atoms with Gasteiger partial charge < -0.3 is 0 Å². The Labute approximate surface area is 97.3 Å². The van der Waals surface area contributed by atoms with Gasteiger partial charge >= 0.3 is 0 Å². The molecule has 16 heavy (non-hydrogen) atoms. The molecule has 0 bridgehead atoms. The van der Waals surface area contributed by atoms with Crippen LogP contribution < -0.4 is 0 Å². The van der Waals surface area contributed by atoms with E-state index in [9.17, 15) is 13.2 Å². The van der Waals surface area contributed by atoms with Crippen molar-refractivity contribution in [3.63, 3.8) is 0 Å². The van der Waals surface area contributed by atoms with Gasteiger partial charge in [0.1, 0.15) is 11.2 Å². The molecule has 0 amide bonds. The van der Waals surface area contributed by atoms with Crippen LogP contribution in [0, 0.1) is 16.5 Å². The summed E-state index contributed by atoms with van der Waals surface area (Å²) < 4.78 is 37.4. The number of nitrogens with zero attached hydrogens (tertiary/aromatic N) is 1. The van der Waals surface area contributed by atoms with E-state index in [4.69, 9.17) is 5.26 Å². The van der Waals surface area contributed by atoms with Crippen molar-refractivity contribution in [2.24, 2.45) is 0 Å². The molecule has 86 valence electrons. The lowest BCUT2D eigenvalue weighted by atomic mass is 9.77. The predicted octanol–water partition coefficient (Wildman–Crippen LogP) is 3.74. The number of nitriles is 1. The Balaban J connectivity index is 0.000000386. The van der Waals surface area contributed by atoms with Gasteiger partial charge in [-0.1, -0.05) is 24.8 Å². The lowest BCUT2D eigenvalue weighted by Crippen LogP contribution is -2.33. The zero-order valence-electron chi connectivity index (χ0n) is 8.33. The molecule has 5 heteroatoms. The third-order valence-electron chi connectivity index (χ3n) is 2.43. The molecular weight excluding hydrogens is 235 g/mol. The standard InChI is InChI=1S/C10H9F3.CHNS/c11-9-3-1-7(2-4-9)8-5-10(12,13)6-8;2-1-3/h1-4,8H,5-6H2;3H. The highest BCUT2D eigenvalue weighted by Crippen LogP contribution is 2.48. The first-order chi connectivity index (χ1) is 7.48. The topological polar surface area (TPSA) is 23.8 Å². The maximum absolute atomic E-state index is 12.5. The van der Waals surface area contributed by atoms with E-state index in [0.29, 0.717) is 0 Å². The molecule has 0 radical (unpaired) electrons. The number of thiocyanates is 1. The molecule has 0 aromatic heterocycles. The van der Waals surface area contributed by atoms with Gasteiger partial charge in [0.25, 0.3) is 0 Å². The summed E-state index contributed by atoms with van der Waals surface area (Å²) in [5, 5.41) is 8.63. The van der Waals surface area contributed by atoms with Gasteiger partial charge in [-0.15, -0.1) is 0 Å². The Bertz CT molecular complexity index is 375. The van der Waals surface area contributed by atoms with Gasteiger partial charge in [0.2, 0.25) is 5.92 Å². The van der Waals surface area contributed by atoms with Crippen molar-refractivity contribution in [3.05, 3.63) is 35.6 Å². The average molecular weight is 245 g/mol. The number of rotatable bonds is 1. The number of hydrogen-bond acceptors (Lipinski definition) is 2. The summed E-state index contributed by atoms with van der Waals surface area (Å²) in [5.74, 6) is -2.91. The van der Waals surface area contributed by atoms with Crippen molar-refractivity contribution in [1.82, 2.24) is 0 Å². The first-order valence-electron chi connectivity index (χ1n) is 4.65. The fourth-order valence-corrected chi connectivity index (χ4v) is 1.63. The summed E-state index contributed by atoms with van der Waals surface area (Å²) in [4.78, 5) is 0. The van der Waals surface area contributed by atoms with E-state index in [1.807, 2.05) is 0 Å². The van der Waals surface area contributed by atoms with E-state index in [-0.39, 0.29) is 24.6 Å². The molecule has 0 spiro atoms. The Morgan fingerprint density at radius 1 is 1.25 bits per heavy atom. The van der Waals surface area contributed by atoms with E-state index in [2.05, 4.69) is 12.6 Å². The summed E-state index contributed by atoms with van der Waals surface area (Å²) in [6.07, 6.45) is -0.197. The molecule has 0 aliphatic heterocycles. The van der Waals surface area contributed by atoms with Crippen molar-refractivity contribution in [2.75, 3.05) is 0 Å². The fraction of sp³-hybridized carbons (Fsp3) is 0.364. The van der Waals surface area contributed by atoms with Crippen LogP contribution in [0.2, 0.25) is 0 Å². The molecule has 0 atom stereocenters. The largest absolute Gasteiger partial charge is 0.249 e. The highest BCUT2D eigenvalue weighted by Gasteiger charge is 2.45. The summed E-state index contributed by atoms with van der Waals surface area (Å²) in [7, 11) is 0. The quantitative estimate of drug-likeness (QED) is 0.591. The van der Waals surface area contributed by atoms with E-state index < -0.39 is 5.92 Å². The van der Waals surface area contributed by atoms with Crippen molar-refractivity contribution in [2.45, 2.75) is 24.7 Å². The van der Waals surface area contributed by atoms with Crippen LogP contribution in [0.4, 0.5) is 13.2 Å². The van der Waals surface area contributed by atoms with Gasteiger partial charge in [-0.05, 0) is 23.6 Å². The smallest absolute Gasteiger partial charge is 0.207 e. The van der Waals surface area contributed by atoms with Crippen LogP contribution in [0.3, 0.4) is 0 Å². The van der Waals surface area contributed by atoms with Crippen LogP contribution in [0.1, 0.15) is 24.3 Å². The van der Waals surface area contributed by atoms with Crippen molar-refractivity contribution < 1.29 is 13.2 Å². The van der Waals surface area contributed by atoms with Crippen LogP contribution in [0.25, 0.3) is 0 Å². The highest BCUT2D eigenvalue weighted by atomic mass is 32.1. The SMILES string of the molecule is Fc1ccc(C2CC(F)(F)C2)cc1.N#CS. The first kappa shape index (κ1) is 12.9. The van der Waals surface area contributed by atoms with Gasteiger partial charge in [-0.25, -0.2) is 13.2 Å². The van der Waals surface area contributed by atoms with Gasteiger partial charge in [-0.2, -0.15) is 5.26 Å². The molecule has 1 fully saturated rings. The van der Waals surface area contributed by atoms with E-state index in [1.165, 1.54) is 17.5 Å². The summed E-state index contributed by atoms with van der Waals surface area (Å²) >= 11 is 3.09. The second-order valence-corrected chi connectivity index (χ2v) is 3.81. The summed E-state index contributed by atoms with van der Waals surface area (Å²) in [6.45, 7) is 0. The second kappa shape index (κ2) is 5.26. The molecule has 0 N–H and O–H groups in total. The molecule has 1 aromatic carbocycles. The lowest BCUT2D eigenvalue weighted by Gasteiger charge is -2.35. The predicted molar refractivity (Wildman–Crippen MR) is 57.9 cm³/mol. The Kier molecular flexibility index (Phi) is 4.25. The van der Waals surface area contributed by atoms with Gasteiger partial charge in [0.05, 0.1) is 0 Å². The van der Waals surface area contributed by atoms with E-state index >= 15 is 0 Å². The maximum atomic E-state index is 12.5. The minimum atomic E-state index is -2.50. The Morgan fingerprint density at radius 3 is 2.06 bits per heavy atom. The zero-order valence-corrected chi connectivity index (χ0v) is 9.22. The average Bonchev–Trinajstić information content (AvgIpc) is 2.16. The lowest BCUT2D eigenvalue weighted by molar-refractivity contribution is -0.0867. The highest BCUT2D eigenvalue weighted by molar-refractivity contribution is 7.85. The third kappa shape index (κ3) is 3.46. The first-order valence-corrected chi connectivity index (χ1v) is 5.10. The van der Waals surface area contributed by atoms with Crippen molar-refractivity contribution in [1.29, 1.82) is 5.26 Å². The second-order valence-electron chi connectivity index (χ2n) is 3.61. The Morgan fingerprint density at radius 2 is 1.69 bits per heavy atom. The molecule has 1 aliphatic carbocycles. The third-order valence-corrected chi connectivity index (χ3v) is 2.43. The summed E-state index contributed by atoms with van der Waals surface area (Å²) in [6, 6.07) is 5.78. The van der Waals surface area contributed by atoms with Crippen LogP contribution in [-0.2, 0) is 0 Å². The van der Waals surface area contributed by atoms with E-state index in [0.717, 1.165) is 5.56 Å². The Hall–Kier alpha value is -1.15. The van der Waals surface area contributed by atoms with Crippen LogP contribution in [0.5, 0.6) is 0 Å².